The zero-order valence-corrected chi connectivity index (χ0v) is 7.95. The normalized spacial score (nSPS) is 10.2. The van der Waals surface area contributed by atoms with Crippen molar-refractivity contribution >= 4 is 5.97 Å². The second-order valence-electron chi connectivity index (χ2n) is 3.00. The number of nitrogens with zero attached hydrogens (tertiary/aromatic N) is 4. The summed E-state index contributed by atoms with van der Waals surface area (Å²) in [5.74, 6) is -1.09. The van der Waals surface area contributed by atoms with Gasteiger partial charge < -0.3 is 5.11 Å². The van der Waals surface area contributed by atoms with E-state index in [1.807, 2.05) is 0 Å². The first-order chi connectivity index (χ1) is 7.16. The molecule has 6 nitrogen and oxygen atoms in total. The number of aryl methyl sites for hydroxylation is 1. The van der Waals surface area contributed by atoms with E-state index in [9.17, 15) is 4.79 Å². The quantitative estimate of drug-likeness (QED) is 0.773. The molecule has 15 heavy (non-hydrogen) atoms. The summed E-state index contributed by atoms with van der Waals surface area (Å²) in [7, 11) is 1.78. The van der Waals surface area contributed by atoms with Gasteiger partial charge in [0.2, 0.25) is 0 Å². The van der Waals surface area contributed by atoms with Crippen LogP contribution in [0.2, 0.25) is 0 Å². The molecular weight excluding hydrogens is 196 g/mol. The number of rotatable bonds is 2. The van der Waals surface area contributed by atoms with Crippen LogP contribution in [0.1, 0.15) is 10.5 Å². The van der Waals surface area contributed by atoms with Crippen molar-refractivity contribution in [3.8, 4) is 11.3 Å². The van der Waals surface area contributed by atoms with Gasteiger partial charge in [0.15, 0.2) is 5.69 Å². The maximum absolute atomic E-state index is 10.7. The molecule has 6 heteroatoms. The summed E-state index contributed by atoms with van der Waals surface area (Å²) in [5, 5.41) is 12.7. The molecule has 0 spiro atoms. The minimum atomic E-state index is -1.09. The molecule has 0 atom stereocenters. The summed E-state index contributed by atoms with van der Waals surface area (Å²) in [4.78, 5) is 18.4. The largest absolute Gasteiger partial charge is 0.476 e. The summed E-state index contributed by atoms with van der Waals surface area (Å²) in [6.07, 6.45) is 6.07. The van der Waals surface area contributed by atoms with Crippen molar-refractivity contribution in [2.45, 2.75) is 0 Å². The SMILES string of the molecule is Cn1cc(-c2cncc(C(=O)O)n2)cn1. The van der Waals surface area contributed by atoms with Crippen molar-refractivity contribution < 1.29 is 9.90 Å². The number of aromatic nitrogens is 4. The molecule has 2 heterocycles. The summed E-state index contributed by atoms with van der Waals surface area (Å²) in [6, 6.07) is 0. The Morgan fingerprint density at radius 2 is 2.20 bits per heavy atom. The third kappa shape index (κ3) is 1.83. The summed E-state index contributed by atoms with van der Waals surface area (Å²) in [5.41, 5.74) is 1.17. The van der Waals surface area contributed by atoms with E-state index in [0.29, 0.717) is 5.69 Å². The van der Waals surface area contributed by atoms with Crippen LogP contribution in [-0.2, 0) is 7.05 Å². The highest BCUT2D eigenvalue weighted by molar-refractivity contribution is 5.85. The molecule has 0 aliphatic rings. The Labute approximate surface area is 85.2 Å². The van der Waals surface area contributed by atoms with Crippen LogP contribution >= 0.6 is 0 Å². The molecule has 2 rings (SSSR count). The Bertz CT molecular complexity index is 506. The van der Waals surface area contributed by atoms with Crippen LogP contribution < -0.4 is 0 Å². The second kappa shape index (κ2) is 3.49. The molecule has 0 saturated carbocycles. The molecule has 0 fully saturated rings. The molecule has 0 aromatic carbocycles. The van der Waals surface area contributed by atoms with Crippen molar-refractivity contribution in [3.05, 3.63) is 30.5 Å². The highest BCUT2D eigenvalue weighted by Crippen LogP contribution is 2.14. The maximum atomic E-state index is 10.7. The fourth-order valence-corrected chi connectivity index (χ4v) is 1.16. The lowest BCUT2D eigenvalue weighted by Gasteiger charge is -1.96. The zero-order valence-electron chi connectivity index (χ0n) is 7.95. The first kappa shape index (κ1) is 9.32. The highest BCUT2D eigenvalue weighted by Gasteiger charge is 2.08. The predicted octanol–water partition coefficient (Wildman–Crippen LogP) is 0.575. The Hall–Kier alpha value is -2.24. The van der Waals surface area contributed by atoms with Gasteiger partial charge in [0.1, 0.15) is 0 Å². The molecule has 0 amide bonds. The van der Waals surface area contributed by atoms with Gasteiger partial charge in [-0.3, -0.25) is 9.67 Å². The second-order valence-corrected chi connectivity index (χ2v) is 3.00. The highest BCUT2D eigenvalue weighted by atomic mass is 16.4. The number of carboxylic acid groups (broad SMARTS) is 1. The van der Waals surface area contributed by atoms with Gasteiger partial charge in [-0.1, -0.05) is 0 Å². The lowest BCUT2D eigenvalue weighted by Crippen LogP contribution is -2.01. The Morgan fingerprint density at radius 1 is 1.40 bits per heavy atom. The number of carbonyl (C=O) groups is 1. The third-order valence-corrected chi connectivity index (χ3v) is 1.85. The van der Waals surface area contributed by atoms with Gasteiger partial charge in [-0.15, -0.1) is 0 Å². The average Bonchev–Trinajstić information content (AvgIpc) is 2.65. The van der Waals surface area contributed by atoms with Crippen LogP contribution in [0.4, 0.5) is 0 Å². The lowest BCUT2D eigenvalue weighted by molar-refractivity contribution is 0.0690. The Balaban J connectivity index is 2.45. The van der Waals surface area contributed by atoms with Crippen molar-refractivity contribution in [1.82, 2.24) is 19.7 Å². The molecule has 0 aliphatic heterocycles. The monoisotopic (exact) mass is 204 g/mol. The van der Waals surface area contributed by atoms with Gasteiger partial charge in [-0.2, -0.15) is 5.10 Å². The predicted molar refractivity (Wildman–Crippen MR) is 51.2 cm³/mol. The minimum absolute atomic E-state index is 0.0728. The van der Waals surface area contributed by atoms with Gasteiger partial charge >= 0.3 is 5.97 Å². The molecule has 2 aromatic rings. The smallest absolute Gasteiger partial charge is 0.356 e. The third-order valence-electron chi connectivity index (χ3n) is 1.85. The van der Waals surface area contributed by atoms with Gasteiger partial charge in [0.05, 0.1) is 24.3 Å². The topological polar surface area (TPSA) is 80.9 Å². The molecular formula is C9H8N4O2. The summed E-state index contributed by atoms with van der Waals surface area (Å²) >= 11 is 0. The first-order valence-electron chi connectivity index (χ1n) is 4.21. The lowest BCUT2D eigenvalue weighted by atomic mass is 10.2. The first-order valence-corrected chi connectivity index (χ1v) is 4.21. The van der Waals surface area contributed by atoms with E-state index in [1.54, 1.807) is 24.1 Å². The number of carboxylic acids is 1. The van der Waals surface area contributed by atoms with Gasteiger partial charge in [0.25, 0.3) is 0 Å². The van der Waals surface area contributed by atoms with E-state index < -0.39 is 5.97 Å². The van der Waals surface area contributed by atoms with Crippen LogP contribution in [0.3, 0.4) is 0 Å². The van der Waals surface area contributed by atoms with E-state index in [2.05, 4.69) is 15.1 Å². The van der Waals surface area contributed by atoms with Crippen LogP contribution in [0.15, 0.2) is 24.8 Å². The number of aromatic carboxylic acids is 1. The fraction of sp³-hybridized carbons (Fsp3) is 0.111. The van der Waals surface area contributed by atoms with Crippen molar-refractivity contribution in [3.63, 3.8) is 0 Å². The van der Waals surface area contributed by atoms with Crippen LogP contribution in [0.5, 0.6) is 0 Å². The standard InChI is InChI=1S/C9H8N4O2/c1-13-5-6(2-11-13)7-3-10-4-8(12-7)9(14)15/h2-5H,1H3,(H,14,15). The molecule has 0 aliphatic carbocycles. The molecule has 76 valence electrons. The van der Waals surface area contributed by atoms with Crippen LogP contribution in [-0.4, -0.2) is 30.8 Å². The molecule has 0 saturated heterocycles. The van der Waals surface area contributed by atoms with Crippen molar-refractivity contribution in [2.24, 2.45) is 7.05 Å². The fourth-order valence-electron chi connectivity index (χ4n) is 1.16. The molecule has 1 N–H and O–H groups in total. The van der Waals surface area contributed by atoms with E-state index in [0.717, 1.165) is 5.56 Å². The zero-order chi connectivity index (χ0) is 10.8. The van der Waals surface area contributed by atoms with Crippen LogP contribution in [0, 0.1) is 0 Å². The van der Waals surface area contributed by atoms with E-state index in [1.165, 1.54) is 12.4 Å². The molecule has 0 unspecified atom stereocenters. The van der Waals surface area contributed by atoms with Gasteiger partial charge in [-0.05, 0) is 0 Å². The van der Waals surface area contributed by atoms with E-state index in [-0.39, 0.29) is 5.69 Å². The van der Waals surface area contributed by atoms with Gasteiger partial charge in [-0.25, -0.2) is 9.78 Å². The van der Waals surface area contributed by atoms with Crippen molar-refractivity contribution in [2.75, 3.05) is 0 Å². The maximum Gasteiger partial charge on any atom is 0.356 e. The average molecular weight is 204 g/mol. The molecule has 2 aromatic heterocycles. The van der Waals surface area contributed by atoms with Crippen LogP contribution in [0.25, 0.3) is 11.3 Å². The van der Waals surface area contributed by atoms with Crippen molar-refractivity contribution in [1.29, 1.82) is 0 Å². The van der Waals surface area contributed by atoms with Gasteiger partial charge in [0, 0.05) is 18.8 Å². The Morgan fingerprint density at radius 3 is 2.80 bits per heavy atom. The van der Waals surface area contributed by atoms with E-state index in [4.69, 9.17) is 5.11 Å². The molecule has 0 bridgehead atoms. The minimum Gasteiger partial charge on any atom is -0.476 e. The summed E-state index contributed by atoms with van der Waals surface area (Å²) in [6.45, 7) is 0. The number of hydrogen-bond acceptors (Lipinski definition) is 4. The summed E-state index contributed by atoms with van der Waals surface area (Å²) < 4.78 is 1.62. The van der Waals surface area contributed by atoms with E-state index >= 15 is 0 Å². The number of hydrogen-bond donors (Lipinski definition) is 1. The molecule has 0 radical (unpaired) electrons. The Kier molecular flexibility index (Phi) is 2.17.